The molecule has 0 radical (unpaired) electrons. The summed E-state index contributed by atoms with van der Waals surface area (Å²) in [4.78, 5) is 59.6. The Kier molecular flexibility index (Phi) is 13.0. The number of hydrogen-bond donors (Lipinski definition) is 1. The van der Waals surface area contributed by atoms with Gasteiger partial charge >= 0.3 is 0 Å². The fraction of sp³-hybridized carbons (Fsp3) is 0.657. The Balaban J connectivity index is 1.71. The molecule has 4 atom stereocenters. The zero-order chi connectivity index (χ0) is 32.6. The van der Waals surface area contributed by atoms with E-state index in [0.717, 1.165) is 32.2 Å². The van der Waals surface area contributed by atoms with E-state index in [9.17, 15) is 19.2 Å². The number of nitrogens with zero attached hydrogens (tertiary/aromatic N) is 3. The lowest BCUT2D eigenvalue weighted by atomic mass is 9.95. The predicted octanol–water partition coefficient (Wildman–Crippen LogP) is 4.46. The van der Waals surface area contributed by atoms with Gasteiger partial charge in [0.05, 0.1) is 18.1 Å². The monoisotopic (exact) mass is 610 g/mol. The van der Waals surface area contributed by atoms with Crippen LogP contribution in [-0.2, 0) is 19.2 Å². The third kappa shape index (κ3) is 8.93. The van der Waals surface area contributed by atoms with Gasteiger partial charge in [0.25, 0.3) is 0 Å². The molecule has 244 valence electrons. The first kappa shape index (κ1) is 35.3. The van der Waals surface area contributed by atoms with Gasteiger partial charge in [-0.25, -0.2) is 0 Å². The van der Waals surface area contributed by atoms with Crippen LogP contribution in [0.4, 0.5) is 0 Å². The molecule has 3 rings (SSSR count). The minimum absolute atomic E-state index is 0.0141. The van der Waals surface area contributed by atoms with E-state index in [0.29, 0.717) is 24.3 Å². The molecule has 0 saturated carbocycles. The van der Waals surface area contributed by atoms with Crippen molar-refractivity contribution in [1.82, 2.24) is 20.0 Å². The van der Waals surface area contributed by atoms with Crippen molar-refractivity contribution in [1.29, 1.82) is 0 Å². The molecule has 1 aromatic rings. The molecule has 2 aliphatic heterocycles. The molecule has 1 N–H and O–H groups in total. The molecule has 2 saturated heterocycles. The number of benzene rings is 1. The third-order valence-corrected chi connectivity index (χ3v) is 8.99. The van der Waals surface area contributed by atoms with Gasteiger partial charge in [0.15, 0.2) is 5.78 Å². The average Bonchev–Trinajstić information content (AvgIpc) is 3.50. The highest BCUT2D eigenvalue weighted by molar-refractivity contribution is 5.98. The second-order valence-electron chi connectivity index (χ2n) is 13.3. The molecule has 0 aliphatic carbocycles. The van der Waals surface area contributed by atoms with E-state index >= 15 is 0 Å². The molecule has 9 nitrogen and oxygen atoms in total. The van der Waals surface area contributed by atoms with Crippen molar-refractivity contribution in [2.24, 2.45) is 11.8 Å². The van der Waals surface area contributed by atoms with Crippen molar-refractivity contribution in [2.45, 2.75) is 111 Å². The summed E-state index contributed by atoms with van der Waals surface area (Å²) in [5, 5.41) is 3.09. The Bertz CT molecular complexity index is 1160. The number of Topliss-reactive ketones (excluding diaryl/α,β-unsaturated/α-hetero) is 1. The van der Waals surface area contributed by atoms with Crippen LogP contribution in [0.2, 0.25) is 0 Å². The Morgan fingerprint density at radius 1 is 0.932 bits per heavy atom. The number of amides is 3. The number of piperidine rings is 1. The lowest BCUT2D eigenvalue weighted by Crippen LogP contribution is -2.58. The third-order valence-electron chi connectivity index (χ3n) is 8.99. The summed E-state index contributed by atoms with van der Waals surface area (Å²) < 4.78 is 5.67. The number of likely N-dealkylation sites (N-methyl/N-ethyl adjacent to an activating group) is 1. The maximum atomic E-state index is 13.9. The van der Waals surface area contributed by atoms with Gasteiger partial charge in [-0.3, -0.25) is 24.1 Å². The molecule has 0 aromatic heterocycles. The van der Waals surface area contributed by atoms with E-state index in [1.54, 1.807) is 35.9 Å². The number of nitrogens with one attached hydrogen (secondary N) is 1. The Morgan fingerprint density at radius 3 is 2.20 bits per heavy atom. The average molecular weight is 611 g/mol. The standard InChI is InChI=1S/C35H54N4O5/c1-23(2)30(37(8)35(43)32(24(3)4)36-33(41)29-17-12-13-19-38(29)25(5)6)21-26(7)34(42)39-20-14-18-28(39)31(40)22-44-27-15-10-9-11-16-27/h9-11,15-16,21,23-25,28-30,32H,12-14,17-20,22H2,1-8H3,(H,36,41)/b26-21+/t28-,29?,30+,32-/m0/s1. The van der Waals surface area contributed by atoms with Crippen LogP contribution < -0.4 is 10.1 Å². The van der Waals surface area contributed by atoms with E-state index in [1.165, 1.54) is 0 Å². The number of para-hydroxylation sites is 1. The number of rotatable bonds is 13. The van der Waals surface area contributed by atoms with Crippen LogP contribution in [0.25, 0.3) is 0 Å². The first-order valence-corrected chi connectivity index (χ1v) is 16.4. The molecular weight excluding hydrogens is 556 g/mol. The quantitative estimate of drug-likeness (QED) is 0.331. The van der Waals surface area contributed by atoms with Gasteiger partial charge in [0, 0.05) is 25.2 Å². The summed E-state index contributed by atoms with van der Waals surface area (Å²) in [5.41, 5.74) is 0.493. The second kappa shape index (κ2) is 16.2. The van der Waals surface area contributed by atoms with Crippen molar-refractivity contribution in [3.63, 3.8) is 0 Å². The van der Waals surface area contributed by atoms with Gasteiger partial charge in [-0.1, -0.05) is 58.4 Å². The van der Waals surface area contributed by atoms with E-state index in [2.05, 4.69) is 24.1 Å². The van der Waals surface area contributed by atoms with E-state index in [4.69, 9.17) is 4.74 Å². The summed E-state index contributed by atoms with van der Waals surface area (Å²) in [5.74, 6) is -0.0754. The van der Waals surface area contributed by atoms with Crippen LogP contribution in [0.3, 0.4) is 0 Å². The Morgan fingerprint density at radius 2 is 1.59 bits per heavy atom. The van der Waals surface area contributed by atoms with Crippen LogP contribution in [0.15, 0.2) is 42.0 Å². The van der Waals surface area contributed by atoms with Crippen molar-refractivity contribution >= 4 is 23.5 Å². The smallest absolute Gasteiger partial charge is 0.249 e. The zero-order valence-corrected chi connectivity index (χ0v) is 28.0. The van der Waals surface area contributed by atoms with Crippen molar-refractivity contribution in [3.8, 4) is 5.75 Å². The Labute approximate surface area is 264 Å². The highest BCUT2D eigenvalue weighted by Crippen LogP contribution is 2.24. The predicted molar refractivity (Wildman–Crippen MR) is 173 cm³/mol. The van der Waals surface area contributed by atoms with Crippen LogP contribution in [-0.4, -0.2) is 95.2 Å². The minimum Gasteiger partial charge on any atom is -0.486 e. The van der Waals surface area contributed by atoms with Gasteiger partial charge in [-0.15, -0.1) is 0 Å². The fourth-order valence-electron chi connectivity index (χ4n) is 6.40. The van der Waals surface area contributed by atoms with E-state index in [1.807, 2.05) is 52.0 Å². The number of carbonyl (C=O) groups excluding carboxylic acids is 4. The van der Waals surface area contributed by atoms with Crippen LogP contribution in [0.5, 0.6) is 5.75 Å². The summed E-state index contributed by atoms with van der Waals surface area (Å²) in [6, 6.07) is 7.61. The first-order chi connectivity index (χ1) is 20.8. The maximum absolute atomic E-state index is 13.9. The fourth-order valence-corrected chi connectivity index (χ4v) is 6.40. The number of carbonyl (C=O) groups is 4. The molecule has 3 amide bonds. The normalized spacial score (nSPS) is 21.0. The molecular formula is C35H54N4O5. The van der Waals surface area contributed by atoms with Crippen LogP contribution in [0.1, 0.15) is 80.6 Å². The molecule has 0 bridgehead atoms. The van der Waals surface area contributed by atoms with Crippen molar-refractivity contribution in [2.75, 3.05) is 26.7 Å². The summed E-state index contributed by atoms with van der Waals surface area (Å²) in [6.45, 7) is 15.2. The molecule has 2 fully saturated rings. The minimum atomic E-state index is -0.681. The summed E-state index contributed by atoms with van der Waals surface area (Å²) >= 11 is 0. The SMILES string of the molecule is C/C(=C\[C@H](C(C)C)N(C)C(=O)[C@@H](NC(=O)C1CCCCN1C(C)C)C(C)C)C(=O)N1CCC[C@H]1C(=O)COc1ccccc1. The molecule has 0 spiro atoms. The lowest BCUT2D eigenvalue weighted by Gasteiger charge is -2.39. The van der Waals surface area contributed by atoms with Gasteiger partial charge in [-0.05, 0) is 77.0 Å². The topological polar surface area (TPSA) is 99.3 Å². The van der Waals surface area contributed by atoms with Crippen LogP contribution in [0, 0.1) is 11.8 Å². The van der Waals surface area contributed by atoms with Gasteiger partial charge < -0.3 is 19.9 Å². The molecule has 2 heterocycles. The summed E-state index contributed by atoms with van der Waals surface area (Å²) in [6.07, 6.45) is 6.05. The van der Waals surface area contributed by atoms with Gasteiger partial charge in [-0.2, -0.15) is 0 Å². The molecule has 44 heavy (non-hydrogen) atoms. The second-order valence-corrected chi connectivity index (χ2v) is 13.3. The zero-order valence-electron chi connectivity index (χ0n) is 28.0. The summed E-state index contributed by atoms with van der Waals surface area (Å²) in [7, 11) is 1.74. The Hall–Kier alpha value is -3.20. The molecule has 2 aliphatic rings. The van der Waals surface area contributed by atoms with E-state index in [-0.39, 0.29) is 60.1 Å². The maximum Gasteiger partial charge on any atom is 0.249 e. The highest BCUT2D eigenvalue weighted by Gasteiger charge is 2.37. The van der Waals surface area contributed by atoms with E-state index < -0.39 is 12.1 Å². The number of hydrogen-bond acceptors (Lipinski definition) is 6. The number of likely N-dealkylation sites (tertiary alicyclic amines) is 2. The van der Waals surface area contributed by atoms with Gasteiger partial charge in [0.1, 0.15) is 18.4 Å². The van der Waals surface area contributed by atoms with Crippen molar-refractivity contribution < 1.29 is 23.9 Å². The molecule has 9 heteroatoms. The van der Waals surface area contributed by atoms with Gasteiger partial charge in [0.2, 0.25) is 17.7 Å². The largest absolute Gasteiger partial charge is 0.486 e. The number of ketones is 1. The highest BCUT2D eigenvalue weighted by atomic mass is 16.5. The van der Waals surface area contributed by atoms with Crippen LogP contribution >= 0.6 is 0 Å². The van der Waals surface area contributed by atoms with Crippen molar-refractivity contribution in [3.05, 3.63) is 42.0 Å². The first-order valence-electron chi connectivity index (χ1n) is 16.4. The lowest BCUT2D eigenvalue weighted by molar-refractivity contribution is -0.140. The number of ether oxygens (including phenoxy) is 1. The molecule has 1 unspecified atom stereocenters. The molecule has 1 aromatic carbocycles.